The number of aliphatic carboxylic acids is 1. The first-order chi connectivity index (χ1) is 9.49. The summed E-state index contributed by atoms with van der Waals surface area (Å²) in [7, 11) is 0. The zero-order chi connectivity index (χ0) is 14.6. The van der Waals surface area contributed by atoms with Crippen molar-refractivity contribution >= 4 is 11.9 Å². The number of hydrogen-bond donors (Lipinski definition) is 2. The largest absolute Gasteiger partial charge is 0.481 e. The highest BCUT2D eigenvalue weighted by molar-refractivity contribution is 5.79. The molecule has 114 valence electrons. The molecule has 20 heavy (non-hydrogen) atoms. The van der Waals surface area contributed by atoms with Crippen molar-refractivity contribution < 1.29 is 14.7 Å². The number of nitrogens with zero attached hydrogens (tertiary/aromatic N) is 1. The Morgan fingerprint density at radius 3 is 2.60 bits per heavy atom. The quantitative estimate of drug-likeness (QED) is 0.822. The first-order valence-electron chi connectivity index (χ1n) is 7.75. The van der Waals surface area contributed by atoms with Gasteiger partial charge in [0.2, 0.25) is 5.91 Å². The van der Waals surface area contributed by atoms with E-state index in [2.05, 4.69) is 5.32 Å². The lowest BCUT2D eigenvalue weighted by Crippen LogP contribution is -2.50. The van der Waals surface area contributed by atoms with Crippen LogP contribution < -0.4 is 5.32 Å². The Morgan fingerprint density at radius 1 is 1.25 bits per heavy atom. The molecule has 1 saturated heterocycles. The second-order valence-corrected chi connectivity index (χ2v) is 6.58. The van der Waals surface area contributed by atoms with Crippen molar-refractivity contribution in [1.82, 2.24) is 10.2 Å². The summed E-state index contributed by atoms with van der Waals surface area (Å²) in [6.07, 6.45) is 7.38. The molecule has 0 radical (unpaired) electrons. The monoisotopic (exact) mass is 282 g/mol. The number of rotatable bonds is 4. The van der Waals surface area contributed by atoms with Gasteiger partial charge in [0.1, 0.15) is 0 Å². The second kappa shape index (κ2) is 6.57. The SMILES string of the molecule is CC1(C(=O)O)CCCN(CC(=O)NC2CCCCC2)C1. The van der Waals surface area contributed by atoms with E-state index in [4.69, 9.17) is 0 Å². The van der Waals surface area contributed by atoms with Gasteiger partial charge >= 0.3 is 5.97 Å². The van der Waals surface area contributed by atoms with Crippen LogP contribution in [0.5, 0.6) is 0 Å². The van der Waals surface area contributed by atoms with Crippen LogP contribution >= 0.6 is 0 Å². The fourth-order valence-corrected chi connectivity index (χ4v) is 3.38. The zero-order valence-electron chi connectivity index (χ0n) is 12.4. The molecule has 0 bridgehead atoms. The lowest BCUT2D eigenvalue weighted by molar-refractivity contribution is -0.151. The second-order valence-electron chi connectivity index (χ2n) is 6.58. The van der Waals surface area contributed by atoms with E-state index < -0.39 is 11.4 Å². The predicted octanol–water partition coefficient (Wildman–Crippen LogP) is 1.62. The number of carbonyl (C=O) groups is 2. The van der Waals surface area contributed by atoms with Gasteiger partial charge in [-0.25, -0.2) is 0 Å². The van der Waals surface area contributed by atoms with Crippen LogP contribution in [-0.2, 0) is 9.59 Å². The minimum Gasteiger partial charge on any atom is -0.481 e. The van der Waals surface area contributed by atoms with Crippen molar-refractivity contribution in [3.63, 3.8) is 0 Å². The van der Waals surface area contributed by atoms with Crippen LogP contribution in [0.4, 0.5) is 0 Å². The molecule has 0 spiro atoms. The first kappa shape index (κ1) is 15.3. The van der Waals surface area contributed by atoms with Crippen LogP contribution in [0.2, 0.25) is 0 Å². The Labute approximate surface area is 120 Å². The molecule has 0 aromatic carbocycles. The summed E-state index contributed by atoms with van der Waals surface area (Å²) >= 11 is 0. The van der Waals surface area contributed by atoms with Gasteiger partial charge in [-0.15, -0.1) is 0 Å². The molecule has 2 fully saturated rings. The molecule has 1 unspecified atom stereocenters. The number of carboxylic acid groups (broad SMARTS) is 1. The number of carbonyl (C=O) groups excluding carboxylic acids is 1. The summed E-state index contributed by atoms with van der Waals surface area (Å²) in [5.41, 5.74) is -0.705. The van der Waals surface area contributed by atoms with Gasteiger partial charge in [0.15, 0.2) is 0 Å². The summed E-state index contributed by atoms with van der Waals surface area (Å²) in [4.78, 5) is 25.3. The van der Waals surface area contributed by atoms with Gasteiger partial charge in [-0.1, -0.05) is 19.3 Å². The summed E-state index contributed by atoms with van der Waals surface area (Å²) in [6.45, 7) is 3.40. The fraction of sp³-hybridized carbons (Fsp3) is 0.867. The van der Waals surface area contributed by atoms with Gasteiger partial charge in [-0.2, -0.15) is 0 Å². The van der Waals surface area contributed by atoms with E-state index in [1.165, 1.54) is 19.3 Å². The van der Waals surface area contributed by atoms with Gasteiger partial charge < -0.3 is 10.4 Å². The van der Waals surface area contributed by atoms with E-state index in [1.807, 2.05) is 4.90 Å². The third kappa shape index (κ3) is 3.95. The molecule has 1 saturated carbocycles. The molecule has 5 heteroatoms. The number of carboxylic acids is 1. The molecule has 2 N–H and O–H groups in total. The highest BCUT2D eigenvalue weighted by Crippen LogP contribution is 2.29. The molecular formula is C15H26N2O3. The molecule has 2 aliphatic rings. The molecule has 1 aliphatic carbocycles. The third-order valence-electron chi connectivity index (χ3n) is 4.63. The van der Waals surface area contributed by atoms with Crippen molar-refractivity contribution in [2.24, 2.45) is 5.41 Å². The number of piperidine rings is 1. The van der Waals surface area contributed by atoms with E-state index >= 15 is 0 Å². The van der Waals surface area contributed by atoms with E-state index in [-0.39, 0.29) is 5.91 Å². The van der Waals surface area contributed by atoms with Gasteiger partial charge in [-0.3, -0.25) is 14.5 Å². The molecule has 0 aromatic rings. The number of nitrogens with one attached hydrogen (secondary N) is 1. The molecule has 1 amide bonds. The van der Waals surface area contributed by atoms with E-state index in [9.17, 15) is 14.7 Å². The summed E-state index contributed by atoms with van der Waals surface area (Å²) in [5.74, 6) is -0.707. The lowest BCUT2D eigenvalue weighted by atomic mass is 9.82. The van der Waals surface area contributed by atoms with Crippen LogP contribution in [0.25, 0.3) is 0 Å². The molecule has 1 heterocycles. The Morgan fingerprint density at radius 2 is 1.95 bits per heavy atom. The average Bonchev–Trinajstić information content (AvgIpc) is 2.39. The standard InChI is InChI=1S/C15H26N2O3/c1-15(14(19)20)8-5-9-17(11-15)10-13(18)16-12-6-3-2-4-7-12/h12H,2-11H2,1H3,(H,16,18)(H,19,20). The molecule has 1 atom stereocenters. The van der Waals surface area contributed by atoms with Crippen LogP contribution in [0, 0.1) is 5.41 Å². The van der Waals surface area contributed by atoms with Crippen molar-refractivity contribution in [2.75, 3.05) is 19.6 Å². The third-order valence-corrected chi connectivity index (χ3v) is 4.63. The van der Waals surface area contributed by atoms with Crippen LogP contribution in [0.1, 0.15) is 51.9 Å². The van der Waals surface area contributed by atoms with Gasteiger partial charge in [0, 0.05) is 12.6 Å². The summed E-state index contributed by atoms with van der Waals surface area (Å²) in [6, 6.07) is 0.326. The van der Waals surface area contributed by atoms with Gasteiger partial charge in [-0.05, 0) is 39.2 Å². The molecule has 1 aliphatic heterocycles. The van der Waals surface area contributed by atoms with E-state index in [0.717, 1.165) is 25.8 Å². The smallest absolute Gasteiger partial charge is 0.310 e. The average molecular weight is 282 g/mol. The Kier molecular flexibility index (Phi) is 5.02. The van der Waals surface area contributed by atoms with Gasteiger partial charge in [0.25, 0.3) is 0 Å². The van der Waals surface area contributed by atoms with Crippen molar-refractivity contribution in [1.29, 1.82) is 0 Å². The fourth-order valence-electron chi connectivity index (χ4n) is 3.38. The van der Waals surface area contributed by atoms with Crippen molar-refractivity contribution in [3.05, 3.63) is 0 Å². The maximum absolute atomic E-state index is 12.1. The molecule has 0 aromatic heterocycles. The van der Waals surface area contributed by atoms with Crippen molar-refractivity contribution in [3.8, 4) is 0 Å². The molecule has 5 nitrogen and oxygen atoms in total. The maximum Gasteiger partial charge on any atom is 0.310 e. The zero-order valence-corrected chi connectivity index (χ0v) is 12.4. The highest BCUT2D eigenvalue weighted by Gasteiger charge is 2.38. The Bertz CT molecular complexity index is 366. The highest BCUT2D eigenvalue weighted by atomic mass is 16.4. The Balaban J connectivity index is 1.80. The first-order valence-corrected chi connectivity index (χ1v) is 7.75. The maximum atomic E-state index is 12.1. The number of amides is 1. The minimum absolute atomic E-state index is 0.0477. The predicted molar refractivity (Wildman–Crippen MR) is 76.4 cm³/mol. The summed E-state index contributed by atoms with van der Waals surface area (Å²) < 4.78 is 0. The molecule has 2 rings (SSSR count). The van der Waals surface area contributed by atoms with Gasteiger partial charge in [0.05, 0.1) is 12.0 Å². The number of likely N-dealkylation sites (tertiary alicyclic amines) is 1. The van der Waals surface area contributed by atoms with Crippen LogP contribution in [-0.4, -0.2) is 47.6 Å². The summed E-state index contributed by atoms with van der Waals surface area (Å²) in [5, 5.41) is 12.4. The minimum atomic E-state index is -0.755. The van der Waals surface area contributed by atoms with E-state index in [0.29, 0.717) is 25.6 Å². The van der Waals surface area contributed by atoms with E-state index in [1.54, 1.807) is 6.92 Å². The number of hydrogen-bond acceptors (Lipinski definition) is 3. The van der Waals surface area contributed by atoms with Crippen LogP contribution in [0.3, 0.4) is 0 Å². The Hall–Kier alpha value is -1.10. The topological polar surface area (TPSA) is 69.6 Å². The lowest BCUT2D eigenvalue weighted by Gasteiger charge is -2.37. The normalized spacial score (nSPS) is 29.1. The van der Waals surface area contributed by atoms with Crippen LogP contribution in [0.15, 0.2) is 0 Å². The van der Waals surface area contributed by atoms with Crippen molar-refractivity contribution in [2.45, 2.75) is 57.9 Å². The molecular weight excluding hydrogens is 256 g/mol.